The van der Waals surface area contributed by atoms with Crippen molar-refractivity contribution in [2.75, 3.05) is 11.9 Å². The summed E-state index contributed by atoms with van der Waals surface area (Å²) in [6, 6.07) is 12.3. The predicted octanol–water partition coefficient (Wildman–Crippen LogP) is 3.95. The van der Waals surface area contributed by atoms with E-state index in [1.165, 1.54) is 0 Å². The van der Waals surface area contributed by atoms with Crippen molar-refractivity contribution >= 4 is 22.7 Å². The van der Waals surface area contributed by atoms with Gasteiger partial charge in [0.2, 0.25) is 0 Å². The van der Waals surface area contributed by atoms with Crippen molar-refractivity contribution in [3.8, 4) is 5.75 Å². The van der Waals surface area contributed by atoms with E-state index in [1.807, 2.05) is 0 Å². The SMILES string of the molecule is C=CCOc1ccc(C(=O)Nc2ccc3oc(C)nc3c2)cc1. The standard InChI is InChI=1S/C18H16N2O3/c1-3-10-22-15-7-4-13(5-8-15)18(21)20-14-6-9-17-16(11-14)19-12(2)23-17/h3-9,11H,1,10H2,2H3,(H,20,21). The predicted molar refractivity (Wildman–Crippen MR) is 88.8 cm³/mol. The minimum absolute atomic E-state index is 0.195. The van der Waals surface area contributed by atoms with E-state index in [4.69, 9.17) is 9.15 Å². The lowest BCUT2D eigenvalue weighted by molar-refractivity contribution is 0.102. The van der Waals surface area contributed by atoms with E-state index in [1.54, 1.807) is 55.5 Å². The maximum absolute atomic E-state index is 12.3. The summed E-state index contributed by atoms with van der Waals surface area (Å²) in [6.45, 7) is 5.81. The lowest BCUT2D eigenvalue weighted by Gasteiger charge is -2.07. The first-order chi connectivity index (χ1) is 11.2. The van der Waals surface area contributed by atoms with E-state index in [2.05, 4.69) is 16.9 Å². The zero-order valence-corrected chi connectivity index (χ0v) is 12.7. The van der Waals surface area contributed by atoms with Crippen LogP contribution in [0, 0.1) is 6.92 Å². The van der Waals surface area contributed by atoms with Crippen molar-refractivity contribution in [1.82, 2.24) is 4.98 Å². The normalized spacial score (nSPS) is 10.5. The largest absolute Gasteiger partial charge is 0.490 e. The number of ether oxygens (including phenoxy) is 1. The molecule has 0 aliphatic carbocycles. The van der Waals surface area contributed by atoms with Crippen LogP contribution in [0.3, 0.4) is 0 Å². The van der Waals surface area contributed by atoms with Gasteiger partial charge in [-0.3, -0.25) is 4.79 Å². The van der Waals surface area contributed by atoms with Crippen LogP contribution in [0.2, 0.25) is 0 Å². The number of amides is 1. The molecule has 0 saturated heterocycles. The van der Waals surface area contributed by atoms with Crippen molar-refractivity contribution in [1.29, 1.82) is 0 Å². The Kier molecular flexibility index (Phi) is 4.10. The van der Waals surface area contributed by atoms with Crippen molar-refractivity contribution < 1.29 is 13.9 Å². The lowest BCUT2D eigenvalue weighted by Crippen LogP contribution is -2.11. The van der Waals surface area contributed by atoms with Gasteiger partial charge in [-0.1, -0.05) is 12.7 Å². The second-order valence-corrected chi connectivity index (χ2v) is 4.99. The van der Waals surface area contributed by atoms with E-state index in [0.29, 0.717) is 40.6 Å². The summed E-state index contributed by atoms with van der Waals surface area (Å²) >= 11 is 0. The summed E-state index contributed by atoms with van der Waals surface area (Å²) in [7, 11) is 0. The van der Waals surface area contributed by atoms with Crippen LogP contribution in [0.15, 0.2) is 59.5 Å². The number of nitrogens with one attached hydrogen (secondary N) is 1. The Bertz CT molecular complexity index is 850. The van der Waals surface area contributed by atoms with Gasteiger partial charge in [0.25, 0.3) is 5.91 Å². The first-order valence-corrected chi connectivity index (χ1v) is 7.18. The summed E-state index contributed by atoms with van der Waals surface area (Å²) in [4.78, 5) is 16.5. The van der Waals surface area contributed by atoms with Crippen molar-refractivity contribution in [3.05, 3.63) is 66.6 Å². The highest BCUT2D eigenvalue weighted by Crippen LogP contribution is 2.20. The second kappa shape index (κ2) is 6.36. The number of aromatic nitrogens is 1. The molecule has 1 amide bonds. The van der Waals surface area contributed by atoms with Crippen LogP contribution in [0.25, 0.3) is 11.1 Å². The number of fused-ring (bicyclic) bond motifs is 1. The number of carbonyl (C=O) groups is 1. The number of oxazole rings is 1. The molecule has 116 valence electrons. The van der Waals surface area contributed by atoms with Gasteiger partial charge in [0, 0.05) is 18.2 Å². The van der Waals surface area contributed by atoms with Gasteiger partial charge in [-0.2, -0.15) is 0 Å². The van der Waals surface area contributed by atoms with Gasteiger partial charge < -0.3 is 14.5 Å². The average Bonchev–Trinajstić information content (AvgIpc) is 2.92. The number of hydrogen-bond acceptors (Lipinski definition) is 4. The fourth-order valence-corrected chi connectivity index (χ4v) is 2.18. The molecule has 5 nitrogen and oxygen atoms in total. The molecule has 0 aliphatic rings. The van der Waals surface area contributed by atoms with Crippen molar-refractivity contribution in [2.24, 2.45) is 0 Å². The Morgan fingerprint density at radius 1 is 1.30 bits per heavy atom. The third kappa shape index (κ3) is 3.40. The van der Waals surface area contributed by atoms with Gasteiger partial charge in [-0.15, -0.1) is 0 Å². The Morgan fingerprint density at radius 2 is 2.09 bits per heavy atom. The smallest absolute Gasteiger partial charge is 0.255 e. The van der Waals surface area contributed by atoms with E-state index >= 15 is 0 Å². The monoisotopic (exact) mass is 308 g/mol. The summed E-state index contributed by atoms with van der Waals surface area (Å²) in [5, 5.41) is 2.84. The maximum Gasteiger partial charge on any atom is 0.255 e. The molecule has 0 aliphatic heterocycles. The molecule has 3 rings (SSSR count). The molecule has 0 unspecified atom stereocenters. The van der Waals surface area contributed by atoms with E-state index in [-0.39, 0.29) is 5.91 Å². The quantitative estimate of drug-likeness (QED) is 0.725. The van der Waals surface area contributed by atoms with Crippen molar-refractivity contribution in [3.63, 3.8) is 0 Å². The van der Waals surface area contributed by atoms with Crippen LogP contribution in [-0.4, -0.2) is 17.5 Å². The van der Waals surface area contributed by atoms with Crippen LogP contribution >= 0.6 is 0 Å². The molecule has 0 atom stereocenters. The van der Waals surface area contributed by atoms with Crippen LogP contribution in [0.4, 0.5) is 5.69 Å². The fraction of sp³-hybridized carbons (Fsp3) is 0.111. The number of hydrogen-bond donors (Lipinski definition) is 1. The molecule has 3 aromatic rings. The molecule has 0 saturated carbocycles. The number of aryl methyl sites for hydroxylation is 1. The molecule has 5 heteroatoms. The van der Waals surface area contributed by atoms with E-state index < -0.39 is 0 Å². The van der Waals surface area contributed by atoms with Crippen LogP contribution in [0.5, 0.6) is 5.75 Å². The van der Waals surface area contributed by atoms with E-state index in [9.17, 15) is 4.79 Å². The van der Waals surface area contributed by atoms with E-state index in [0.717, 1.165) is 0 Å². The molecule has 1 heterocycles. The minimum Gasteiger partial charge on any atom is -0.490 e. The molecule has 2 aromatic carbocycles. The molecule has 23 heavy (non-hydrogen) atoms. The summed E-state index contributed by atoms with van der Waals surface area (Å²) in [5.41, 5.74) is 2.63. The van der Waals surface area contributed by atoms with Gasteiger partial charge in [-0.05, 0) is 42.5 Å². The highest BCUT2D eigenvalue weighted by molar-refractivity contribution is 6.04. The third-order valence-electron chi connectivity index (χ3n) is 3.24. The maximum atomic E-state index is 12.3. The molecule has 0 spiro atoms. The minimum atomic E-state index is -0.195. The molecule has 0 bridgehead atoms. The average molecular weight is 308 g/mol. The Labute approximate surface area is 133 Å². The van der Waals surface area contributed by atoms with Gasteiger partial charge in [0.05, 0.1) is 0 Å². The summed E-state index contributed by atoms with van der Waals surface area (Å²) in [6.07, 6.45) is 1.67. The first-order valence-electron chi connectivity index (χ1n) is 7.18. The number of nitrogens with zero attached hydrogens (tertiary/aromatic N) is 1. The summed E-state index contributed by atoms with van der Waals surface area (Å²) < 4.78 is 10.8. The topological polar surface area (TPSA) is 64.4 Å². The zero-order valence-electron chi connectivity index (χ0n) is 12.7. The second-order valence-electron chi connectivity index (χ2n) is 4.99. The number of rotatable bonds is 5. The first kappa shape index (κ1) is 14.8. The van der Waals surface area contributed by atoms with Gasteiger partial charge in [-0.25, -0.2) is 4.98 Å². The number of anilines is 1. The Balaban J connectivity index is 1.73. The van der Waals surface area contributed by atoms with Gasteiger partial charge in [0.15, 0.2) is 11.5 Å². The van der Waals surface area contributed by atoms with Crippen LogP contribution in [0.1, 0.15) is 16.2 Å². The molecule has 0 radical (unpaired) electrons. The molecule has 0 fully saturated rings. The lowest BCUT2D eigenvalue weighted by atomic mass is 10.2. The van der Waals surface area contributed by atoms with Crippen LogP contribution < -0.4 is 10.1 Å². The number of carbonyl (C=O) groups excluding carboxylic acids is 1. The third-order valence-corrected chi connectivity index (χ3v) is 3.24. The van der Waals surface area contributed by atoms with Crippen molar-refractivity contribution in [2.45, 2.75) is 6.92 Å². The highest BCUT2D eigenvalue weighted by Gasteiger charge is 2.08. The van der Waals surface area contributed by atoms with Crippen LogP contribution in [-0.2, 0) is 0 Å². The highest BCUT2D eigenvalue weighted by atomic mass is 16.5. The number of benzene rings is 2. The molecular formula is C18H16N2O3. The molecule has 1 N–H and O–H groups in total. The van der Waals surface area contributed by atoms with Gasteiger partial charge in [0.1, 0.15) is 17.9 Å². The molecular weight excluding hydrogens is 292 g/mol. The summed E-state index contributed by atoms with van der Waals surface area (Å²) in [5.74, 6) is 1.10. The molecule has 1 aromatic heterocycles. The zero-order chi connectivity index (χ0) is 16.2. The van der Waals surface area contributed by atoms with Gasteiger partial charge >= 0.3 is 0 Å². The fourth-order valence-electron chi connectivity index (χ4n) is 2.18. The Morgan fingerprint density at radius 3 is 2.83 bits per heavy atom. The Hall–Kier alpha value is -3.08.